The number of ether oxygens (including phenoxy) is 2. The number of likely N-dealkylation sites (tertiary alicyclic amines) is 2. The van der Waals surface area contributed by atoms with E-state index in [1.807, 2.05) is 37.5 Å². The molecule has 2 aliphatic carbocycles. The molecule has 0 radical (unpaired) electrons. The average molecular weight is 843 g/mol. The normalized spacial score (nSPS) is 20.2. The minimum atomic E-state index is -0.691. The molecule has 4 aliphatic rings. The lowest BCUT2D eigenvalue weighted by Gasteiger charge is -2.41. The number of carbonyl (C=O) groups is 4. The van der Waals surface area contributed by atoms with Crippen LogP contribution < -0.4 is 10.6 Å². The highest BCUT2D eigenvalue weighted by Crippen LogP contribution is 2.57. The number of imidazole rings is 2. The number of aromatic amines is 2. The summed E-state index contributed by atoms with van der Waals surface area (Å²) in [5, 5.41) is 5.48. The van der Waals surface area contributed by atoms with Crippen LogP contribution in [0.5, 0.6) is 0 Å². The molecule has 4 atom stereocenters. The van der Waals surface area contributed by atoms with Gasteiger partial charge in [0.1, 0.15) is 23.7 Å². The van der Waals surface area contributed by atoms with Crippen LogP contribution in [0.3, 0.4) is 0 Å². The van der Waals surface area contributed by atoms with Crippen molar-refractivity contribution in [2.45, 2.75) is 115 Å². The Morgan fingerprint density at radius 3 is 1.61 bits per heavy atom. The maximum atomic E-state index is 13.8. The fourth-order valence-electron chi connectivity index (χ4n) is 10.7. The van der Waals surface area contributed by atoms with Crippen LogP contribution in [0.4, 0.5) is 9.59 Å². The van der Waals surface area contributed by atoms with Crippen LogP contribution >= 0.6 is 0 Å². The molecular formula is C48H58N8O6. The summed E-state index contributed by atoms with van der Waals surface area (Å²) in [5.41, 5.74) is 11.4. The second kappa shape index (κ2) is 16.4. The van der Waals surface area contributed by atoms with Gasteiger partial charge < -0.3 is 39.9 Å². The van der Waals surface area contributed by atoms with Crippen LogP contribution in [0.2, 0.25) is 0 Å². The Morgan fingerprint density at radius 2 is 1.16 bits per heavy atom. The minimum absolute atomic E-state index is 0.107. The van der Waals surface area contributed by atoms with E-state index in [0.717, 1.165) is 83.4 Å². The predicted molar refractivity (Wildman–Crippen MR) is 236 cm³/mol. The molecule has 62 heavy (non-hydrogen) atoms. The number of H-pyrrole nitrogens is 2. The molecule has 4 heterocycles. The Hall–Kier alpha value is -5.92. The Morgan fingerprint density at radius 1 is 0.677 bits per heavy atom. The van der Waals surface area contributed by atoms with E-state index in [1.54, 1.807) is 0 Å². The van der Waals surface area contributed by atoms with Gasteiger partial charge in [0.25, 0.3) is 0 Å². The van der Waals surface area contributed by atoms with E-state index >= 15 is 0 Å². The van der Waals surface area contributed by atoms with Crippen molar-refractivity contribution < 1.29 is 28.7 Å². The van der Waals surface area contributed by atoms with Gasteiger partial charge >= 0.3 is 12.2 Å². The van der Waals surface area contributed by atoms with Crippen LogP contribution in [-0.2, 0) is 30.9 Å². The molecule has 3 aromatic carbocycles. The van der Waals surface area contributed by atoms with Crippen LogP contribution in [0.25, 0.3) is 44.3 Å². The number of benzene rings is 3. The summed E-state index contributed by atoms with van der Waals surface area (Å²) >= 11 is 0. The summed E-state index contributed by atoms with van der Waals surface area (Å²) in [4.78, 5) is 72.8. The third kappa shape index (κ3) is 7.24. The molecule has 1 saturated carbocycles. The highest BCUT2D eigenvalue weighted by atomic mass is 16.5. The Balaban J connectivity index is 1.01. The van der Waals surface area contributed by atoms with Gasteiger partial charge in [-0.15, -0.1) is 0 Å². The molecule has 4 N–H and O–H groups in total. The van der Waals surface area contributed by atoms with Crippen LogP contribution in [-0.4, -0.2) is 93.1 Å². The van der Waals surface area contributed by atoms with E-state index in [0.29, 0.717) is 13.1 Å². The van der Waals surface area contributed by atoms with E-state index in [2.05, 4.69) is 69.1 Å². The predicted octanol–water partition coefficient (Wildman–Crippen LogP) is 8.23. The van der Waals surface area contributed by atoms with E-state index in [4.69, 9.17) is 19.4 Å². The SMILES string of the molecule is COC(=O)N[C@H](C(=O)N1CCC[C@H]1c1nc2ccc(-c3ccc(-c4ccc5nc([C@@H]6CCCN6C(=O)[C@@H](NC(=O)OC)C(C)C)[nH]c5c4)c4c3CCC43CCC3)cc2[nH]1)C(C)C. The molecule has 0 bridgehead atoms. The number of nitrogens with one attached hydrogen (secondary N) is 4. The summed E-state index contributed by atoms with van der Waals surface area (Å²) in [6.07, 6.45) is 7.82. The van der Waals surface area contributed by atoms with Gasteiger partial charge in [0.05, 0.1) is 48.4 Å². The first kappa shape index (κ1) is 41.4. The van der Waals surface area contributed by atoms with Crippen LogP contribution in [0.1, 0.15) is 114 Å². The summed E-state index contributed by atoms with van der Waals surface area (Å²) in [5.74, 6) is 1.06. The van der Waals surface area contributed by atoms with Crippen LogP contribution in [0, 0.1) is 11.8 Å². The van der Waals surface area contributed by atoms with E-state index in [-0.39, 0.29) is 41.1 Å². The van der Waals surface area contributed by atoms with Gasteiger partial charge in [-0.25, -0.2) is 19.6 Å². The molecule has 326 valence electrons. The first-order valence-electron chi connectivity index (χ1n) is 22.4. The smallest absolute Gasteiger partial charge is 0.407 e. The van der Waals surface area contributed by atoms with Gasteiger partial charge in [-0.2, -0.15) is 0 Å². The van der Waals surface area contributed by atoms with Crippen molar-refractivity contribution in [1.82, 2.24) is 40.4 Å². The average Bonchev–Trinajstić information content (AvgIpc) is 4.11. The molecule has 2 aromatic heterocycles. The van der Waals surface area contributed by atoms with Gasteiger partial charge in [-0.05, 0) is 126 Å². The number of aromatic nitrogens is 4. The van der Waals surface area contributed by atoms with E-state index in [9.17, 15) is 19.2 Å². The number of rotatable bonds is 10. The molecule has 0 unspecified atom stereocenters. The fourth-order valence-corrected chi connectivity index (χ4v) is 10.7. The molecule has 1 spiro atoms. The molecule has 4 amide bonds. The van der Waals surface area contributed by atoms with Gasteiger partial charge in [-0.3, -0.25) is 9.59 Å². The summed E-state index contributed by atoms with van der Waals surface area (Å²) in [7, 11) is 2.61. The zero-order valence-electron chi connectivity index (χ0n) is 36.6. The number of carbonyl (C=O) groups excluding carboxylic acids is 4. The quantitative estimate of drug-likeness (QED) is 0.109. The van der Waals surface area contributed by atoms with Crippen molar-refractivity contribution in [3.8, 4) is 22.3 Å². The summed E-state index contributed by atoms with van der Waals surface area (Å²) in [6.45, 7) is 8.89. The van der Waals surface area contributed by atoms with Gasteiger partial charge in [0.2, 0.25) is 11.8 Å². The molecule has 2 aliphatic heterocycles. The first-order chi connectivity index (χ1) is 29.9. The molecule has 9 rings (SSSR count). The van der Waals surface area contributed by atoms with Crippen molar-refractivity contribution in [3.05, 3.63) is 71.3 Å². The first-order valence-corrected chi connectivity index (χ1v) is 22.4. The second-order valence-corrected chi connectivity index (χ2v) is 18.5. The Bertz CT molecular complexity index is 2550. The fraction of sp³-hybridized carbons (Fsp3) is 0.500. The van der Waals surface area contributed by atoms with Gasteiger partial charge in [0, 0.05) is 13.1 Å². The summed E-state index contributed by atoms with van der Waals surface area (Å²) < 4.78 is 9.64. The lowest BCUT2D eigenvalue weighted by atomic mass is 9.63. The number of nitrogens with zero attached hydrogens (tertiary/aromatic N) is 4. The number of fused-ring (bicyclic) bond motifs is 4. The highest BCUT2D eigenvalue weighted by Gasteiger charge is 2.46. The topological polar surface area (TPSA) is 175 Å². The zero-order chi connectivity index (χ0) is 43.4. The molecule has 5 aromatic rings. The standard InChI is InChI=1S/C48H58N8O6/c1-26(2)40(53-46(59)61-5)44(57)55-22-7-10-37(55)42-49-33-16-12-28(24-35(33)51-42)30-14-15-31(39-32(30)18-21-48(39)19-9-20-48)29-13-17-34-36(25-29)52-43(50-34)38-11-8-23-56(38)45(58)41(27(3)4)54-47(60)62-6/h12-17,24-27,37-38,40-41H,7-11,18-23H2,1-6H3,(H,49,51)(H,50,52)(H,53,59)(H,54,60)/t37-,38-,40-,41-/m0/s1. The monoisotopic (exact) mass is 842 g/mol. The Kier molecular flexibility index (Phi) is 11.0. The third-order valence-electron chi connectivity index (χ3n) is 14.1. The largest absolute Gasteiger partial charge is 0.453 e. The third-order valence-corrected chi connectivity index (χ3v) is 14.1. The highest BCUT2D eigenvalue weighted by molar-refractivity contribution is 5.90. The minimum Gasteiger partial charge on any atom is -0.453 e. The molecule has 3 fully saturated rings. The van der Waals surface area contributed by atoms with E-state index < -0.39 is 24.3 Å². The molecule has 14 nitrogen and oxygen atoms in total. The number of alkyl carbamates (subject to hydrolysis) is 2. The number of hydrogen-bond donors (Lipinski definition) is 4. The molecule has 14 heteroatoms. The zero-order valence-corrected chi connectivity index (χ0v) is 36.6. The van der Waals surface area contributed by atoms with Crippen molar-refractivity contribution in [2.24, 2.45) is 11.8 Å². The van der Waals surface area contributed by atoms with Crippen LogP contribution in [0.15, 0.2) is 48.5 Å². The lowest BCUT2D eigenvalue weighted by Crippen LogP contribution is -2.51. The van der Waals surface area contributed by atoms with Crippen molar-refractivity contribution in [3.63, 3.8) is 0 Å². The van der Waals surface area contributed by atoms with Crippen molar-refractivity contribution >= 4 is 46.1 Å². The number of hydrogen-bond acceptors (Lipinski definition) is 8. The lowest BCUT2D eigenvalue weighted by molar-refractivity contribution is -0.136. The number of amides is 4. The second-order valence-electron chi connectivity index (χ2n) is 18.5. The Labute approximate surface area is 361 Å². The maximum absolute atomic E-state index is 13.8. The van der Waals surface area contributed by atoms with E-state index in [1.165, 1.54) is 55.7 Å². The number of methoxy groups -OCH3 is 2. The molecule has 2 saturated heterocycles. The maximum Gasteiger partial charge on any atom is 0.407 e. The van der Waals surface area contributed by atoms with Crippen molar-refractivity contribution in [1.29, 1.82) is 0 Å². The van der Waals surface area contributed by atoms with Gasteiger partial charge in [-0.1, -0.05) is 58.4 Å². The van der Waals surface area contributed by atoms with Gasteiger partial charge in [0.15, 0.2) is 0 Å². The summed E-state index contributed by atoms with van der Waals surface area (Å²) in [6, 6.07) is 15.7. The molecular weight excluding hydrogens is 785 g/mol. The van der Waals surface area contributed by atoms with Crippen molar-refractivity contribution in [2.75, 3.05) is 27.3 Å².